The molecule has 7 nitrogen and oxygen atoms in total. The van der Waals surface area contributed by atoms with Gasteiger partial charge in [-0.2, -0.15) is 0 Å². The number of benzene rings is 1. The molecule has 3 heterocycles. The van der Waals surface area contributed by atoms with Crippen LogP contribution in [0.25, 0.3) is 21.5 Å². The van der Waals surface area contributed by atoms with Gasteiger partial charge in [-0.3, -0.25) is 4.98 Å². The molecule has 1 fully saturated rings. The van der Waals surface area contributed by atoms with Crippen LogP contribution in [0, 0.1) is 0 Å². The third kappa shape index (κ3) is 4.51. The Kier molecular flexibility index (Phi) is 5.87. The molecule has 0 saturated heterocycles. The molecule has 4 aromatic rings. The molecule has 3 aromatic heterocycles. The quantitative estimate of drug-likeness (QED) is 0.415. The molecule has 0 spiro atoms. The van der Waals surface area contributed by atoms with Crippen molar-refractivity contribution >= 4 is 26.7 Å². The number of pyridine rings is 2. The minimum atomic E-state index is -0.309. The predicted molar refractivity (Wildman–Crippen MR) is 126 cm³/mol. The SMILES string of the molecule is COc1ccc(-c2cc(Oc3ccc4nc(NC5CCCC[C@H]5O)sc4c3)ccn2)cn1. The van der Waals surface area contributed by atoms with E-state index in [1.807, 2.05) is 36.4 Å². The zero-order chi connectivity index (χ0) is 21.9. The van der Waals surface area contributed by atoms with E-state index in [1.165, 1.54) is 0 Å². The Balaban J connectivity index is 1.32. The Labute approximate surface area is 190 Å². The van der Waals surface area contributed by atoms with Gasteiger partial charge >= 0.3 is 0 Å². The maximum atomic E-state index is 10.2. The molecule has 1 aliphatic rings. The summed E-state index contributed by atoms with van der Waals surface area (Å²) in [5.74, 6) is 1.99. The lowest BCUT2D eigenvalue weighted by molar-refractivity contribution is 0.116. The van der Waals surface area contributed by atoms with E-state index in [0.717, 1.165) is 58.0 Å². The average Bonchev–Trinajstić information content (AvgIpc) is 3.22. The summed E-state index contributed by atoms with van der Waals surface area (Å²) < 4.78 is 12.2. The van der Waals surface area contributed by atoms with Gasteiger partial charge in [-0.1, -0.05) is 24.2 Å². The number of fused-ring (bicyclic) bond motifs is 1. The molecule has 0 aliphatic heterocycles. The second-order valence-electron chi connectivity index (χ2n) is 7.82. The van der Waals surface area contributed by atoms with Gasteiger partial charge in [-0.15, -0.1) is 0 Å². The van der Waals surface area contributed by atoms with E-state index in [1.54, 1.807) is 36.9 Å². The molecular formula is C24H24N4O3S. The summed E-state index contributed by atoms with van der Waals surface area (Å²) in [7, 11) is 1.59. The van der Waals surface area contributed by atoms with Crippen molar-refractivity contribution in [2.45, 2.75) is 37.8 Å². The lowest BCUT2D eigenvalue weighted by atomic mass is 9.93. The number of thiazole rings is 1. The van der Waals surface area contributed by atoms with E-state index < -0.39 is 0 Å². The van der Waals surface area contributed by atoms with Crippen LogP contribution in [0.1, 0.15) is 25.7 Å². The Morgan fingerprint density at radius 2 is 1.91 bits per heavy atom. The number of ether oxygens (including phenoxy) is 2. The van der Waals surface area contributed by atoms with Gasteiger partial charge in [0.1, 0.15) is 11.5 Å². The highest BCUT2D eigenvalue weighted by molar-refractivity contribution is 7.22. The molecule has 8 heteroatoms. The standard InChI is InChI=1S/C24H24N4O3S/c1-30-23-9-6-15(14-26-23)20-12-17(10-11-25-20)31-16-7-8-19-22(13-16)32-24(28-19)27-18-4-2-3-5-21(18)29/h6-14,18,21,29H,2-5H2,1H3,(H,27,28)/t18?,21-/m1/s1. The van der Waals surface area contributed by atoms with Crippen molar-refractivity contribution in [2.24, 2.45) is 0 Å². The topological polar surface area (TPSA) is 89.4 Å². The Bertz CT molecular complexity index is 1210. The van der Waals surface area contributed by atoms with E-state index >= 15 is 0 Å². The van der Waals surface area contributed by atoms with E-state index in [2.05, 4.69) is 20.3 Å². The summed E-state index contributed by atoms with van der Waals surface area (Å²) in [6.45, 7) is 0. The first-order valence-corrected chi connectivity index (χ1v) is 11.5. The van der Waals surface area contributed by atoms with Crippen molar-refractivity contribution in [1.82, 2.24) is 15.0 Å². The van der Waals surface area contributed by atoms with Crippen molar-refractivity contribution in [3.63, 3.8) is 0 Å². The van der Waals surface area contributed by atoms with Gasteiger partial charge in [0.2, 0.25) is 5.88 Å². The first kappa shape index (κ1) is 20.7. The molecule has 32 heavy (non-hydrogen) atoms. The Hall–Kier alpha value is -3.23. The first-order valence-electron chi connectivity index (χ1n) is 10.7. The van der Waals surface area contributed by atoms with Crippen LogP contribution < -0.4 is 14.8 Å². The molecule has 0 bridgehead atoms. The number of hydrogen-bond donors (Lipinski definition) is 2. The van der Waals surface area contributed by atoms with Crippen LogP contribution in [0.15, 0.2) is 54.9 Å². The van der Waals surface area contributed by atoms with Crippen molar-refractivity contribution in [3.05, 3.63) is 54.9 Å². The summed E-state index contributed by atoms with van der Waals surface area (Å²) in [5.41, 5.74) is 2.57. The van der Waals surface area contributed by atoms with Crippen molar-refractivity contribution in [1.29, 1.82) is 0 Å². The number of hydrogen-bond acceptors (Lipinski definition) is 8. The lowest BCUT2D eigenvalue weighted by Gasteiger charge is -2.27. The second-order valence-corrected chi connectivity index (χ2v) is 8.85. The smallest absolute Gasteiger partial charge is 0.212 e. The maximum absolute atomic E-state index is 10.2. The summed E-state index contributed by atoms with van der Waals surface area (Å²) >= 11 is 1.58. The summed E-state index contributed by atoms with van der Waals surface area (Å²) in [6, 6.07) is 13.4. The van der Waals surface area contributed by atoms with E-state index in [4.69, 9.17) is 9.47 Å². The Morgan fingerprint density at radius 1 is 1.03 bits per heavy atom. The highest BCUT2D eigenvalue weighted by atomic mass is 32.1. The van der Waals surface area contributed by atoms with Crippen LogP contribution in [0.5, 0.6) is 17.4 Å². The van der Waals surface area contributed by atoms with Crippen LogP contribution in [0.2, 0.25) is 0 Å². The van der Waals surface area contributed by atoms with Gasteiger partial charge in [0.05, 0.1) is 35.2 Å². The minimum Gasteiger partial charge on any atom is -0.481 e. The van der Waals surface area contributed by atoms with Gasteiger partial charge < -0.3 is 19.9 Å². The number of nitrogens with one attached hydrogen (secondary N) is 1. The number of methoxy groups -OCH3 is 1. The fourth-order valence-electron chi connectivity index (χ4n) is 3.89. The summed E-state index contributed by atoms with van der Waals surface area (Å²) in [5, 5.41) is 14.5. The largest absolute Gasteiger partial charge is 0.481 e. The molecule has 1 unspecified atom stereocenters. The molecule has 1 aromatic carbocycles. The van der Waals surface area contributed by atoms with Crippen LogP contribution in [0.4, 0.5) is 5.13 Å². The third-order valence-electron chi connectivity index (χ3n) is 5.61. The van der Waals surface area contributed by atoms with E-state index in [-0.39, 0.29) is 12.1 Å². The van der Waals surface area contributed by atoms with E-state index in [9.17, 15) is 5.11 Å². The fourth-order valence-corrected chi connectivity index (χ4v) is 4.85. The molecule has 5 rings (SSSR count). The van der Waals surface area contributed by atoms with Crippen molar-refractivity contribution in [3.8, 4) is 28.6 Å². The normalized spacial score (nSPS) is 18.4. The molecule has 1 aliphatic carbocycles. The van der Waals surface area contributed by atoms with Gasteiger partial charge in [0.25, 0.3) is 0 Å². The number of rotatable bonds is 6. The number of nitrogens with zero attached hydrogens (tertiary/aromatic N) is 3. The van der Waals surface area contributed by atoms with Crippen LogP contribution in [-0.4, -0.2) is 39.3 Å². The predicted octanol–water partition coefficient (Wildman–Crippen LogP) is 5.27. The zero-order valence-electron chi connectivity index (χ0n) is 17.7. The maximum Gasteiger partial charge on any atom is 0.212 e. The van der Waals surface area contributed by atoms with Gasteiger partial charge in [-0.05, 0) is 37.1 Å². The molecule has 1 saturated carbocycles. The van der Waals surface area contributed by atoms with Crippen LogP contribution in [0.3, 0.4) is 0 Å². The van der Waals surface area contributed by atoms with Crippen molar-refractivity contribution in [2.75, 3.05) is 12.4 Å². The molecular weight excluding hydrogens is 424 g/mol. The molecule has 0 amide bonds. The molecule has 2 N–H and O–H groups in total. The minimum absolute atomic E-state index is 0.0720. The molecule has 164 valence electrons. The Morgan fingerprint density at radius 3 is 2.72 bits per heavy atom. The van der Waals surface area contributed by atoms with Crippen LogP contribution in [-0.2, 0) is 0 Å². The molecule has 0 radical (unpaired) electrons. The highest BCUT2D eigenvalue weighted by Gasteiger charge is 2.23. The summed E-state index contributed by atoms with van der Waals surface area (Å²) in [6.07, 6.45) is 7.19. The molecule has 2 atom stereocenters. The third-order valence-corrected chi connectivity index (χ3v) is 6.56. The highest BCUT2D eigenvalue weighted by Crippen LogP contribution is 2.33. The average molecular weight is 449 g/mol. The lowest BCUT2D eigenvalue weighted by Crippen LogP contribution is -2.36. The van der Waals surface area contributed by atoms with E-state index in [0.29, 0.717) is 11.6 Å². The number of anilines is 1. The first-order chi connectivity index (χ1) is 15.7. The number of aromatic nitrogens is 3. The monoisotopic (exact) mass is 448 g/mol. The summed E-state index contributed by atoms with van der Waals surface area (Å²) in [4.78, 5) is 13.3. The second kappa shape index (κ2) is 9.10. The van der Waals surface area contributed by atoms with Crippen molar-refractivity contribution < 1.29 is 14.6 Å². The number of aliphatic hydroxyl groups is 1. The van der Waals surface area contributed by atoms with Gasteiger partial charge in [0, 0.05) is 36.2 Å². The fraction of sp³-hybridized carbons (Fsp3) is 0.292. The van der Waals surface area contributed by atoms with Gasteiger partial charge in [0.15, 0.2) is 5.13 Å². The van der Waals surface area contributed by atoms with Crippen LogP contribution >= 0.6 is 11.3 Å². The van der Waals surface area contributed by atoms with Gasteiger partial charge in [-0.25, -0.2) is 9.97 Å². The zero-order valence-corrected chi connectivity index (χ0v) is 18.5. The number of aliphatic hydroxyl groups excluding tert-OH is 1.